The minimum absolute atomic E-state index is 0.191. The third kappa shape index (κ3) is 4.34. The second-order valence-electron chi connectivity index (χ2n) is 7.70. The fourth-order valence-corrected chi connectivity index (χ4v) is 2.81. The van der Waals surface area contributed by atoms with E-state index in [0.29, 0.717) is 16.4 Å². The van der Waals surface area contributed by atoms with Crippen molar-refractivity contribution in [3.8, 4) is 0 Å². The van der Waals surface area contributed by atoms with Crippen LogP contribution in [-0.4, -0.2) is 29.8 Å². The van der Waals surface area contributed by atoms with Crippen molar-refractivity contribution < 1.29 is 4.79 Å². The van der Waals surface area contributed by atoms with E-state index in [9.17, 15) is 4.79 Å². The van der Waals surface area contributed by atoms with Crippen LogP contribution in [0, 0.1) is 0 Å². The van der Waals surface area contributed by atoms with E-state index in [4.69, 9.17) is 11.6 Å². The predicted molar refractivity (Wildman–Crippen MR) is 105 cm³/mol. The van der Waals surface area contributed by atoms with Crippen LogP contribution in [0.1, 0.15) is 56.7 Å². The summed E-state index contributed by atoms with van der Waals surface area (Å²) in [6.45, 7) is 10.4. The van der Waals surface area contributed by atoms with Crippen LogP contribution in [-0.2, 0) is 5.54 Å². The van der Waals surface area contributed by atoms with Crippen LogP contribution in [0.4, 0.5) is 11.4 Å². The molecule has 1 aromatic heterocycles. The highest BCUT2D eigenvalue weighted by Crippen LogP contribution is 2.29. The molecule has 136 valence electrons. The number of aromatic nitrogens is 2. The highest BCUT2D eigenvalue weighted by molar-refractivity contribution is 6.31. The second-order valence-corrected chi connectivity index (χ2v) is 8.14. The number of anilines is 2. The van der Waals surface area contributed by atoms with Gasteiger partial charge in [-0.1, -0.05) is 25.4 Å². The number of rotatable bonds is 4. The van der Waals surface area contributed by atoms with E-state index >= 15 is 0 Å². The third-order valence-corrected chi connectivity index (χ3v) is 4.12. The molecule has 0 aliphatic rings. The smallest absolute Gasteiger partial charge is 0.276 e. The van der Waals surface area contributed by atoms with E-state index in [1.54, 1.807) is 12.1 Å². The Morgan fingerprint density at radius 3 is 2.36 bits per heavy atom. The van der Waals surface area contributed by atoms with E-state index in [1.165, 1.54) is 0 Å². The van der Waals surface area contributed by atoms with Crippen LogP contribution in [0.3, 0.4) is 0 Å². The number of halogens is 1. The molecule has 0 bridgehead atoms. The summed E-state index contributed by atoms with van der Waals surface area (Å²) in [5.74, 6) is 0.0343. The van der Waals surface area contributed by atoms with Crippen LogP contribution in [0.2, 0.25) is 5.02 Å². The highest BCUT2D eigenvalue weighted by Gasteiger charge is 2.24. The Hall–Kier alpha value is -2.01. The molecule has 2 aromatic rings. The zero-order valence-corrected chi connectivity index (χ0v) is 16.8. The van der Waals surface area contributed by atoms with E-state index in [1.807, 2.05) is 35.8 Å². The Balaban J connectivity index is 2.38. The minimum Gasteiger partial charge on any atom is -0.376 e. The van der Waals surface area contributed by atoms with Crippen molar-refractivity contribution in [2.45, 2.75) is 46.1 Å². The normalized spacial score (nSPS) is 11.7. The molecule has 1 aromatic carbocycles. The molecule has 1 amide bonds. The van der Waals surface area contributed by atoms with Gasteiger partial charge in [-0.05, 0) is 51.0 Å². The van der Waals surface area contributed by atoms with Gasteiger partial charge in [-0.2, -0.15) is 5.10 Å². The van der Waals surface area contributed by atoms with Crippen LogP contribution in [0.5, 0.6) is 0 Å². The van der Waals surface area contributed by atoms with Gasteiger partial charge in [0.2, 0.25) is 0 Å². The number of amides is 1. The summed E-state index contributed by atoms with van der Waals surface area (Å²) in [6.07, 6.45) is 0. The van der Waals surface area contributed by atoms with E-state index in [2.05, 4.69) is 45.0 Å². The molecule has 0 radical (unpaired) electrons. The Bertz CT molecular complexity index is 772. The van der Waals surface area contributed by atoms with Gasteiger partial charge in [0.1, 0.15) is 0 Å². The maximum atomic E-state index is 12.8. The summed E-state index contributed by atoms with van der Waals surface area (Å²) in [5.41, 5.74) is 2.80. The molecule has 0 atom stereocenters. The number of carbonyl (C=O) groups excluding carboxylic acids is 1. The minimum atomic E-state index is -0.240. The Morgan fingerprint density at radius 1 is 1.24 bits per heavy atom. The molecule has 0 saturated heterocycles. The highest BCUT2D eigenvalue weighted by atomic mass is 35.5. The van der Waals surface area contributed by atoms with Gasteiger partial charge in [-0.25, -0.2) is 0 Å². The first-order chi connectivity index (χ1) is 11.5. The Kier molecular flexibility index (Phi) is 5.47. The first-order valence-corrected chi connectivity index (χ1v) is 8.77. The van der Waals surface area contributed by atoms with E-state index in [0.717, 1.165) is 11.4 Å². The van der Waals surface area contributed by atoms with Gasteiger partial charge in [-0.3, -0.25) is 9.48 Å². The van der Waals surface area contributed by atoms with Crippen molar-refractivity contribution in [1.29, 1.82) is 0 Å². The average Bonchev–Trinajstić information content (AvgIpc) is 2.92. The van der Waals surface area contributed by atoms with Gasteiger partial charge in [0.15, 0.2) is 5.69 Å². The van der Waals surface area contributed by atoms with Crippen LogP contribution in [0.15, 0.2) is 24.3 Å². The zero-order chi connectivity index (χ0) is 18.9. The number of nitrogens with one attached hydrogen (secondary N) is 1. The van der Waals surface area contributed by atoms with Gasteiger partial charge in [-0.15, -0.1) is 0 Å². The summed E-state index contributed by atoms with van der Waals surface area (Å²) in [5, 5.41) is 8.07. The van der Waals surface area contributed by atoms with Crippen LogP contribution >= 0.6 is 11.6 Å². The average molecular weight is 363 g/mol. The summed E-state index contributed by atoms with van der Waals surface area (Å²) in [4.78, 5) is 14.7. The molecule has 0 spiro atoms. The molecule has 1 heterocycles. The van der Waals surface area contributed by atoms with E-state index in [-0.39, 0.29) is 17.4 Å². The zero-order valence-electron chi connectivity index (χ0n) is 16.0. The molecule has 25 heavy (non-hydrogen) atoms. The molecular weight excluding hydrogens is 336 g/mol. The number of benzene rings is 1. The summed E-state index contributed by atoms with van der Waals surface area (Å²) in [7, 11) is 3.84. The number of nitrogens with zero attached hydrogens (tertiary/aromatic N) is 3. The maximum Gasteiger partial charge on any atom is 0.276 e. The van der Waals surface area contributed by atoms with Gasteiger partial charge < -0.3 is 10.2 Å². The Morgan fingerprint density at radius 2 is 1.88 bits per heavy atom. The number of carbonyl (C=O) groups is 1. The third-order valence-electron chi connectivity index (χ3n) is 3.89. The van der Waals surface area contributed by atoms with Gasteiger partial charge in [0, 0.05) is 24.8 Å². The van der Waals surface area contributed by atoms with Crippen molar-refractivity contribution in [1.82, 2.24) is 9.78 Å². The fraction of sp³-hybridized carbons (Fsp3) is 0.474. The SMILES string of the molecule is CC(C)c1cc(C(=O)Nc2cc(Cl)ccc2N(C)C)nn1C(C)(C)C. The molecule has 0 aliphatic carbocycles. The second kappa shape index (κ2) is 7.08. The van der Waals surface area contributed by atoms with Crippen molar-refractivity contribution >= 4 is 28.9 Å². The largest absolute Gasteiger partial charge is 0.376 e. The van der Waals surface area contributed by atoms with Gasteiger partial charge >= 0.3 is 0 Å². The fourth-order valence-electron chi connectivity index (χ4n) is 2.64. The van der Waals surface area contributed by atoms with Crippen molar-refractivity contribution in [2.75, 3.05) is 24.3 Å². The lowest BCUT2D eigenvalue weighted by Crippen LogP contribution is -2.26. The first-order valence-electron chi connectivity index (χ1n) is 8.39. The van der Waals surface area contributed by atoms with Crippen LogP contribution < -0.4 is 10.2 Å². The molecule has 1 N–H and O–H groups in total. The standard InChI is InChI=1S/C19H27ClN4O/c1-12(2)17-11-15(22-24(17)19(3,4)5)18(25)21-14-10-13(20)8-9-16(14)23(6)7/h8-12H,1-7H3,(H,21,25). The monoisotopic (exact) mass is 362 g/mol. The predicted octanol–water partition coefficient (Wildman–Crippen LogP) is 4.73. The maximum absolute atomic E-state index is 12.8. The Labute approximate surface area is 155 Å². The summed E-state index contributed by atoms with van der Waals surface area (Å²) < 4.78 is 1.93. The molecule has 6 heteroatoms. The number of hydrogen-bond acceptors (Lipinski definition) is 3. The topological polar surface area (TPSA) is 50.2 Å². The van der Waals surface area contributed by atoms with Crippen molar-refractivity contribution in [2.24, 2.45) is 0 Å². The lowest BCUT2D eigenvalue weighted by molar-refractivity contribution is 0.102. The molecule has 5 nitrogen and oxygen atoms in total. The number of hydrogen-bond donors (Lipinski definition) is 1. The quantitative estimate of drug-likeness (QED) is 0.855. The van der Waals surface area contributed by atoms with Gasteiger partial charge in [0.05, 0.1) is 16.9 Å². The molecule has 0 saturated carbocycles. The lowest BCUT2D eigenvalue weighted by atomic mass is 10.1. The van der Waals surface area contributed by atoms with Crippen LogP contribution in [0.25, 0.3) is 0 Å². The molecule has 0 aliphatic heterocycles. The lowest BCUT2D eigenvalue weighted by Gasteiger charge is -2.23. The van der Waals surface area contributed by atoms with E-state index < -0.39 is 0 Å². The molecule has 0 unspecified atom stereocenters. The van der Waals surface area contributed by atoms with Crippen molar-refractivity contribution in [3.05, 3.63) is 40.7 Å². The molecule has 0 fully saturated rings. The first kappa shape index (κ1) is 19.3. The van der Waals surface area contributed by atoms with Crippen molar-refractivity contribution in [3.63, 3.8) is 0 Å². The summed E-state index contributed by atoms with van der Waals surface area (Å²) >= 11 is 6.09. The molecular formula is C19H27ClN4O. The summed E-state index contributed by atoms with van der Waals surface area (Å²) in [6, 6.07) is 7.30. The molecule has 2 rings (SSSR count). The van der Waals surface area contributed by atoms with Gasteiger partial charge in [0.25, 0.3) is 5.91 Å².